The van der Waals surface area contributed by atoms with E-state index < -0.39 is 0 Å². The Labute approximate surface area is 395 Å². The van der Waals surface area contributed by atoms with Crippen molar-refractivity contribution in [2.24, 2.45) is 0 Å². The summed E-state index contributed by atoms with van der Waals surface area (Å²) in [5.74, 6) is 2.07. The Morgan fingerprint density at radius 3 is 1.78 bits per heavy atom. The first kappa shape index (κ1) is 44.9. The number of pyridine rings is 1. The van der Waals surface area contributed by atoms with Crippen LogP contribution in [0.5, 0.6) is 11.5 Å². The summed E-state index contributed by atoms with van der Waals surface area (Å²) in [5.41, 5.74) is 13.7. The molecule has 8 aromatic rings. The smallest absolute Gasteiger partial charge is 0.135 e. The molecular weight excluding hydrogens is 964 g/mol. The van der Waals surface area contributed by atoms with Gasteiger partial charge in [-0.3, -0.25) is 0 Å². The first-order valence-corrected chi connectivity index (χ1v) is 22.2. The Balaban J connectivity index is 0.00000560. The predicted octanol–water partition coefficient (Wildman–Crippen LogP) is 15.8. The van der Waals surface area contributed by atoms with E-state index >= 15 is 0 Å². The molecule has 64 heavy (non-hydrogen) atoms. The van der Waals surface area contributed by atoms with E-state index in [1.807, 2.05) is 24.4 Å². The second kappa shape index (κ2) is 16.4. The zero-order chi connectivity index (χ0) is 44.6. The van der Waals surface area contributed by atoms with Gasteiger partial charge in [-0.1, -0.05) is 149 Å². The SMILES string of the molecule is CC(C)(C)c1cc(-c2ccc(C(C)(C)C)cc2N2[CH-]N(c3[c-]c(Oc4[c-]c5c(cc4)c4ccccc4n5-c4cc(C(C)(C)C)ccn4)ccc3)c3ccccc32)cc(C(C)(C)C)c1.[Pt]. The van der Waals surface area contributed by atoms with Crippen LogP contribution in [0.25, 0.3) is 38.8 Å². The summed E-state index contributed by atoms with van der Waals surface area (Å²) in [4.78, 5) is 9.44. The van der Waals surface area contributed by atoms with Crippen molar-refractivity contribution >= 4 is 44.6 Å². The van der Waals surface area contributed by atoms with Crippen LogP contribution in [-0.2, 0) is 42.7 Å². The first-order valence-electron chi connectivity index (χ1n) is 22.2. The molecule has 2 aromatic heterocycles. The topological polar surface area (TPSA) is 33.5 Å². The zero-order valence-corrected chi connectivity index (χ0v) is 41.6. The van der Waals surface area contributed by atoms with Crippen LogP contribution in [-0.4, -0.2) is 9.55 Å². The normalized spacial score (nSPS) is 13.4. The molecule has 0 fully saturated rings. The molecule has 1 aliphatic rings. The van der Waals surface area contributed by atoms with Crippen LogP contribution in [0.4, 0.5) is 22.7 Å². The second-order valence-corrected chi connectivity index (χ2v) is 21.2. The number of benzene rings is 6. The van der Waals surface area contributed by atoms with E-state index in [0.717, 1.165) is 50.4 Å². The number of nitrogens with zero attached hydrogens (tertiary/aromatic N) is 4. The number of para-hydroxylation sites is 3. The van der Waals surface area contributed by atoms with Crippen molar-refractivity contribution in [3.63, 3.8) is 0 Å². The summed E-state index contributed by atoms with van der Waals surface area (Å²) < 4.78 is 8.86. The summed E-state index contributed by atoms with van der Waals surface area (Å²) in [7, 11) is 0. The zero-order valence-electron chi connectivity index (χ0n) is 39.3. The summed E-state index contributed by atoms with van der Waals surface area (Å²) in [6.07, 6.45) is 1.90. The number of rotatable bonds is 6. The Bertz CT molecular complexity index is 2990. The third kappa shape index (κ3) is 8.52. The summed E-state index contributed by atoms with van der Waals surface area (Å²) in [5, 5.41) is 2.24. The standard InChI is InChI=1S/C58H59N4O.Pt/c1-55(2,3)39-24-26-46(38-30-41(57(7,8)9)32-42(31-38)58(10,11)12)52(33-39)61-37-60(50-22-15-16-23-51(50)61)43-18-17-19-44(35-43)63-45-25-27-48-47-20-13-14-21-49(47)62(53(48)36-45)54-34-40(28-29-59-54)56(4,5)6;/h13-34,37H,1-12H3;/q-3;. The van der Waals surface area contributed by atoms with Crippen LogP contribution in [0.3, 0.4) is 0 Å². The molecule has 9 rings (SSSR count). The molecule has 0 N–H and O–H groups in total. The average Bonchev–Trinajstić information content (AvgIpc) is 3.78. The molecule has 0 amide bonds. The van der Waals surface area contributed by atoms with E-state index in [9.17, 15) is 0 Å². The Hall–Kier alpha value is -5.64. The maximum atomic E-state index is 6.66. The van der Waals surface area contributed by atoms with E-state index in [-0.39, 0.29) is 42.7 Å². The minimum absolute atomic E-state index is 0. The van der Waals surface area contributed by atoms with Crippen LogP contribution in [0.1, 0.15) is 105 Å². The molecule has 0 atom stereocenters. The number of hydrogen-bond acceptors (Lipinski definition) is 4. The van der Waals surface area contributed by atoms with Gasteiger partial charge in [-0.15, -0.1) is 48.1 Å². The molecule has 0 spiro atoms. The number of hydrogen-bond donors (Lipinski definition) is 0. The minimum Gasteiger partial charge on any atom is -0.509 e. The molecule has 3 heterocycles. The van der Waals surface area contributed by atoms with Crippen LogP contribution in [0, 0.1) is 18.8 Å². The first-order chi connectivity index (χ1) is 29.7. The van der Waals surface area contributed by atoms with Crippen molar-refractivity contribution in [3.8, 4) is 28.4 Å². The van der Waals surface area contributed by atoms with E-state index in [2.05, 4.69) is 225 Å². The van der Waals surface area contributed by atoms with Gasteiger partial charge in [-0.25, -0.2) is 4.98 Å². The Morgan fingerprint density at radius 2 is 1.11 bits per heavy atom. The maximum absolute atomic E-state index is 6.66. The van der Waals surface area contributed by atoms with Gasteiger partial charge in [0.05, 0.1) is 0 Å². The van der Waals surface area contributed by atoms with Crippen molar-refractivity contribution in [3.05, 3.63) is 175 Å². The van der Waals surface area contributed by atoms with Gasteiger partial charge in [0.15, 0.2) is 0 Å². The van der Waals surface area contributed by atoms with Crippen LogP contribution in [0.15, 0.2) is 134 Å². The summed E-state index contributed by atoms with van der Waals surface area (Å²) in [6, 6.07) is 53.1. The minimum atomic E-state index is -0.0448. The number of ether oxygens (including phenoxy) is 1. The largest absolute Gasteiger partial charge is 0.509 e. The summed E-state index contributed by atoms with van der Waals surface area (Å²) in [6.45, 7) is 29.6. The van der Waals surface area contributed by atoms with Gasteiger partial charge >= 0.3 is 0 Å². The second-order valence-electron chi connectivity index (χ2n) is 21.2. The number of fused-ring (bicyclic) bond motifs is 4. The molecule has 0 saturated heterocycles. The van der Waals surface area contributed by atoms with Crippen molar-refractivity contribution in [1.29, 1.82) is 0 Å². The van der Waals surface area contributed by atoms with Crippen LogP contribution < -0.4 is 14.5 Å². The van der Waals surface area contributed by atoms with E-state index in [1.165, 1.54) is 33.4 Å². The number of aromatic nitrogens is 2. The molecule has 0 unspecified atom stereocenters. The maximum Gasteiger partial charge on any atom is 0.135 e. The molecule has 0 saturated carbocycles. The average molecular weight is 1020 g/mol. The van der Waals surface area contributed by atoms with E-state index in [4.69, 9.17) is 9.72 Å². The van der Waals surface area contributed by atoms with Crippen LogP contribution >= 0.6 is 0 Å². The summed E-state index contributed by atoms with van der Waals surface area (Å²) >= 11 is 0. The van der Waals surface area contributed by atoms with Crippen molar-refractivity contribution in [2.75, 3.05) is 9.80 Å². The third-order valence-corrected chi connectivity index (χ3v) is 12.4. The monoisotopic (exact) mass is 1020 g/mol. The van der Waals surface area contributed by atoms with Crippen LogP contribution in [0.2, 0.25) is 0 Å². The Morgan fingerprint density at radius 1 is 0.500 bits per heavy atom. The fourth-order valence-corrected chi connectivity index (χ4v) is 8.52. The quantitative estimate of drug-likeness (QED) is 0.155. The molecular formula is C58H59N4OPt-3. The Kier molecular flexibility index (Phi) is 11.5. The molecule has 5 nitrogen and oxygen atoms in total. The van der Waals surface area contributed by atoms with Gasteiger partial charge in [0.1, 0.15) is 5.82 Å². The van der Waals surface area contributed by atoms with Gasteiger partial charge in [0.25, 0.3) is 0 Å². The van der Waals surface area contributed by atoms with E-state index in [0.29, 0.717) is 11.5 Å². The fourth-order valence-electron chi connectivity index (χ4n) is 8.52. The molecule has 0 radical (unpaired) electrons. The predicted molar refractivity (Wildman–Crippen MR) is 264 cm³/mol. The van der Waals surface area contributed by atoms with Crippen molar-refractivity contribution in [1.82, 2.24) is 9.55 Å². The molecule has 6 heteroatoms. The number of anilines is 4. The molecule has 0 bridgehead atoms. The van der Waals surface area contributed by atoms with Gasteiger partial charge in [0.2, 0.25) is 0 Å². The van der Waals surface area contributed by atoms with E-state index in [1.54, 1.807) is 0 Å². The molecule has 330 valence electrons. The van der Waals surface area contributed by atoms with Crippen molar-refractivity contribution < 1.29 is 25.8 Å². The molecule has 0 aliphatic carbocycles. The van der Waals surface area contributed by atoms with Crippen molar-refractivity contribution in [2.45, 2.75) is 105 Å². The van der Waals surface area contributed by atoms with Gasteiger partial charge in [-0.05, 0) is 91.3 Å². The fraction of sp³-hybridized carbons (Fsp3) is 0.276. The molecule has 1 aliphatic heterocycles. The van der Waals surface area contributed by atoms with Gasteiger partial charge < -0.3 is 19.1 Å². The molecule has 6 aromatic carbocycles. The van der Waals surface area contributed by atoms with Gasteiger partial charge in [-0.2, -0.15) is 12.1 Å². The van der Waals surface area contributed by atoms with Gasteiger partial charge in [0, 0.05) is 66.9 Å². The third-order valence-electron chi connectivity index (χ3n) is 12.4.